The molecule has 0 amide bonds. The van der Waals surface area contributed by atoms with Crippen LogP contribution in [0.3, 0.4) is 0 Å². The first kappa shape index (κ1) is 35.2. The molecule has 11 rings (SSSR count). The van der Waals surface area contributed by atoms with E-state index >= 15 is 0 Å². The molecule has 0 N–H and O–H groups in total. The molecular weight excluding hydrogens is 725 g/mol. The zero-order valence-electron chi connectivity index (χ0n) is 33.0. The second kappa shape index (κ2) is 15.1. The molecule has 11 aromatic rings. The quantitative estimate of drug-likeness (QED) is 0.150. The molecule has 0 bridgehead atoms. The molecule has 282 valence electrons. The highest BCUT2D eigenvalue weighted by atomic mass is 15.1. The van der Waals surface area contributed by atoms with E-state index in [1.165, 1.54) is 77.1 Å². The van der Waals surface area contributed by atoms with E-state index in [-0.39, 0.29) is 0 Å². The Bertz CT molecular complexity index is 3210. The zero-order valence-corrected chi connectivity index (χ0v) is 33.0. The average molecular weight is 765 g/mol. The third-order valence-electron chi connectivity index (χ3n) is 11.8. The number of para-hydroxylation sites is 2. The second-order valence-electron chi connectivity index (χ2n) is 15.3. The molecule has 2 heteroatoms. The lowest BCUT2D eigenvalue weighted by molar-refractivity contribution is 1.17. The summed E-state index contributed by atoms with van der Waals surface area (Å²) in [4.78, 5) is 2.37. The number of aromatic nitrogens is 1. The van der Waals surface area contributed by atoms with E-state index in [1.807, 2.05) is 0 Å². The Kier molecular flexibility index (Phi) is 8.87. The highest BCUT2D eigenvalue weighted by Crippen LogP contribution is 2.41. The first-order valence-corrected chi connectivity index (χ1v) is 20.6. The van der Waals surface area contributed by atoms with Crippen LogP contribution in [0, 0.1) is 0 Å². The van der Waals surface area contributed by atoms with Gasteiger partial charge in [0.25, 0.3) is 0 Å². The standard InChI is InChI=1S/C58H40N2/c1-3-15-41(16-4-1)50-21-7-8-22-51(50)43-29-33-46(34-30-43)59(48-37-39-49(40-38-48)60-56-27-11-9-23-54(56)55-24-10-12-28-57(55)60)47-35-31-44(32-36-47)53-26-14-20-45-19-13-25-52(58(45)53)42-17-5-2-6-18-42/h1-40H. The molecule has 10 aromatic carbocycles. The van der Waals surface area contributed by atoms with E-state index in [1.54, 1.807) is 0 Å². The van der Waals surface area contributed by atoms with Crippen molar-refractivity contribution in [2.24, 2.45) is 0 Å². The minimum atomic E-state index is 1.08. The molecule has 0 fully saturated rings. The smallest absolute Gasteiger partial charge is 0.0541 e. The number of hydrogen-bond acceptors (Lipinski definition) is 1. The van der Waals surface area contributed by atoms with Crippen molar-refractivity contribution in [2.75, 3.05) is 4.90 Å². The van der Waals surface area contributed by atoms with Crippen LogP contribution in [0.5, 0.6) is 0 Å². The van der Waals surface area contributed by atoms with Gasteiger partial charge in [0.05, 0.1) is 11.0 Å². The second-order valence-corrected chi connectivity index (χ2v) is 15.3. The maximum Gasteiger partial charge on any atom is 0.0541 e. The summed E-state index contributed by atoms with van der Waals surface area (Å²) in [5.41, 5.74) is 16.5. The summed E-state index contributed by atoms with van der Waals surface area (Å²) in [6.07, 6.45) is 0. The van der Waals surface area contributed by atoms with Crippen LogP contribution in [0.4, 0.5) is 17.1 Å². The zero-order chi connectivity index (χ0) is 39.8. The lowest BCUT2D eigenvalue weighted by Gasteiger charge is -2.26. The van der Waals surface area contributed by atoms with Gasteiger partial charge in [0.15, 0.2) is 0 Å². The summed E-state index contributed by atoms with van der Waals surface area (Å²) in [6, 6.07) is 87.7. The molecule has 0 radical (unpaired) electrons. The van der Waals surface area contributed by atoms with Gasteiger partial charge in [0.2, 0.25) is 0 Å². The van der Waals surface area contributed by atoms with Gasteiger partial charge in [-0.15, -0.1) is 0 Å². The van der Waals surface area contributed by atoms with Crippen molar-refractivity contribution in [3.05, 3.63) is 243 Å². The van der Waals surface area contributed by atoms with Crippen LogP contribution in [-0.2, 0) is 0 Å². The molecule has 0 atom stereocenters. The summed E-state index contributed by atoms with van der Waals surface area (Å²) in [5.74, 6) is 0. The molecule has 0 unspecified atom stereocenters. The van der Waals surface area contributed by atoms with E-state index in [4.69, 9.17) is 0 Å². The van der Waals surface area contributed by atoms with E-state index in [0.29, 0.717) is 0 Å². The van der Waals surface area contributed by atoms with E-state index in [0.717, 1.165) is 22.7 Å². The summed E-state index contributed by atoms with van der Waals surface area (Å²) in [6.45, 7) is 0. The maximum absolute atomic E-state index is 2.38. The van der Waals surface area contributed by atoms with Crippen molar-refractivity contribution in [1.82, 2.24) is 4.57 Å². The average Bonchev–Trinajstić information content (AvgIpc) is 3.67. The van der Waals surface area contributed by atoms with Gasteiger partial charge >= 0.3 is 0 Å². The van der Waals surface area contributed by atoms with Crippen molar-refractivity contribution in [3.63, 3.8) is 0 Å². The minimum absolute atomic E-state index is 1.08. The van der Waals surface area contributed by atoms with Gasteiger partial charge in [-0.3, -0.25) is 0 Å². The molecule has 1 heterocycles. The van der Waals surface area contributed by atoms with Gasteiger partial charge in [0, 0.05) is 33.5 Å². The SMILES string of the molecule is c1ccc(-c2ccccc2-c2ccc(N(c3ccc(-c4cccc5cccc(-c6ccccc6)c45)cc3)c3ccc(-n4c5ccccc5c5ccccc54)cc3)cc2)cc1. The summed E-state index contributed by atoms with van der Waals surface area (Å²) >= 11 is 0. The molecule has 0 aliphatic rings. The lowest BCUT2D eigenvalue weighted by atomic mass is 9.91. The van der Waals surface area contributed by atoms with Crippen molar-refractivity contribution < 1.29 is 0 Å². The van der Waals surface area contributed by atoms with E-state index in [2.05, 4.69) is 252 Å². The first-order valence-electron chi connectivity index (χ1n) is 20.6. The molecule has 1 aromatic heterocycles. The molecular formula is C58H40N2. The molecule has 0 aliphatic carbocycles. The van der Waals surface area contributed by atoms with Crippen LogP contribution in [0.25, 0.3) is 82.8 Å². The highest BCUT2D eigenvalue weighted by molar-refractivity contribution is 6.09. The number of rotatable bonds is 8. The van der Waals surface area contributed by atoms with Gasteiger partial charge in [-0.2, -0.15) is 0 Å². The fourth-order valence-electron chi connectivity index (χ4n) is 9.02. The topological polar surface area (TPSA) is 8.17 Å². The fourth-order valence-corrected chi connectivity index (χ4v) is 9.02. The van der Waals surface area contributed by atoms with Gasteiger partial charge in [-0.25, -0.2) is 0 Å². The first-order chi connectivity index (χ1) is 29.8. The molecule has 0 saturated carbocycles. The number of anilines is 3. The highest BCUT2D eigenvalue weighted by Gasteiger charge is 2.17. The Balaban J connectivity index is 1.02. The van der Waals surface area contributed by atoms with Crippen molar-refractivity contribution >= 4 is 49.6 Å². The summed E-state index contributed by atoms with van der Waals surface area (Å²) in [5, 5.41) is 5.02. The lowest BCUT2D eigenvalue weighted by Crippen LogP contribution is -2.10. The summed E-state index contributed by atoms with van der Waals surface area (Å²) < 4.78 is 2.38. The third kappa shape index (κ3) is 6.23. The van der Waals surface area contributed by atoms with Crippen LogP contribution in [0.1, 0.15) is 0 Å². The van der Waals surface area contributed by atoms with Crippen LogP contribution >= 0.6 is 0 Å². The van der Waals surface area contributed by atoms with E-state index in [9.17, 15) is 0 Å². The van der Waals surface area contributed by atoms with Crippen LogP contribution < -0.4 is 4.90 Å². The molecule has 2 nitrogen and oxygen atoms in total. The van der Waals surface area contributed by atoms with Crippen LogP contribution in [-0.4, -0.2) is 4.57 Å². The fraction of sp³-hybridized carbons (Fsp3) is 0. The molecule has 0 spiro atoms. The summed E-state index contributed by atoms with van der Waals surface area (Å²) in [7, 11) is 0. The number of fused-ring (bicyclic) bond motifs is 4. The van der Waals surface area contributed by atoms with Gasteiger partial charge < -0.3 is 9.47 Å². The third-order valence-corrected chi connectivity index (χ3v) is 11.8. The van der Waals surface area contributed by atoms with Gasteiger partial charge in [-0.1, -0.05) is 182 Å². The van der Waals surface area contributed by atoms with Gasteiger partial charge in [0.1, 0.15) is 0 Å². The number of benzene rings is 10. The maximum atomic E-state index is 2.38. The Hall–Kier alpha value is -7.94. The monoisotopic (exact) mass is 764 g/mol. The number of hydrogen-bond donors (Lipinski definition) is 0. The molecule has 0 aliphatic heterocycles. The minimum Gasteiger partial charge on any atom is -0.311 e. The Morgan fingerprint density at radius 3 is 1.13 bits per heavy atom. The van der Waals surface area contributed by atoms with Crippen LogP contribution in [0.15, 0.2) is 243 Å². The molecule has 0 saturated heterocycles. The predicted octanol–water partition coefficient (Wildman–Crippen LogP) is 16.1. The van der Waals surface area contributed by atoms with Crippen molar-refractivity contribution in [3.8, 4) is 50.2 Å². The Morgan fingerprint density at radius 2 is 0.633 bits per heavy atom. The van der Waals surface area contributed by atoms with E-state index < -0.39 is 0 Å². The van der Waals surface area contributed by atoms with Gasteiger partial charge in [-0.05, 0) is 116 Å². The van der Waals surface area contributed by atoms with Crippen LogP contribution in [0.2, 0.25) is 0 Å². The van der Waals surface area contributed by atoms with Crippen molar-refractivity contribution in [2.45, 2.75) is 0 Å². The Labute approximate surface area is 350 Å². The normalized spacial score (nSPS) is 11.3. The number of nitrogens with zero attached hydrogens (tertiary/aromatic N) is 2. The predicted molar refractivity (Wildman–Crippen MR) is 255 cm³/mol. The Morgan fingerprint density at radius 1 is 0.267 bits per heavy atom. The molecule has 60 heavy (non-hydrogen) atoms. The largest absolute Gasteiger partial charge is 0.311 e. The van der Waals surface area contributed by atoms with Crippen molar-refractivity contribution in [1.29, 1.82) is 0 Å².